The Labute approximate surface area is 105 Å². The minimum atomic E-state index is -1.11. The zero-order chi connectivity index (χ0) is 12.8. The molecule has 1 aliphatic carbocycles. The predicted octanol–water partition coefficient (Wildman–Crippen LogP) is 1.43. The minimum Gasteiger partial charge on any atom is -0.468 e. The summed E-state index contributed by atoms with van der Waals surface area (Å²) in [5.74, 6) is -0.916. The van der Waals surface area contributed by atoms with Gasteiger partial charge in [0.05, 0.1) is 13.7 Å². The van der Waals surface area contributed by atoms with Gasteiger partial charge in [0.2, 0.25) is 0 Å². The van der Waals surface area contributed by atoms with E-state index in [1.165, 1.54) is 7.11 Å². The topological polar surface area (TPSA) is 52.6 Å². The molecule has 1 saturated heterocycles. The van der Waals surface area contributed by atoms with Crippen LogP contribution in [0.2, 0.25) is 0 Å². The number of ether oxygens (including phenoxy) is 2. The van der Waals surface area contributed by atoms with Crippen molar-refractivity contribution in [2.45, 2.75) is 18.3 Å². The molecule has 4 nitrogen and oxygen atoms in total. The number of benzene rings is 1. The average molecular weight is 246 g/mol. The number of methoxy groups -OCH3 is 1. The van der Waals surface area contributed by atoms with Crippen molar-refractivity contribution in [3.63, 3.8) is 0 Å². The first-order valence-electron chi connectivity index (χ1n) is 5.98. The van der Waals surface area contributed by atoms with E-state index >= 15 is 0 Å². The molecule has 0 amide bonds. The van der Waals surface area contributed by atoms with Gasteiger partial charge in [-0.25, -0.2) is 0 Å². The second-order valence-corrected chi connectivity index (χ2v) is 4.91. The van der Waals surface area contributed by atoms with Crippen molar-refractivity contribution in [1.29, 1.82) is 0 Å². The van der Waals surface area contributed by atoms with E-state index in [0.29, 0.717) is 19.4 Å². The fourth-order valence-corrected chi connectivity index (χ4v) is 3.19. The van der Waals surface area contributed by atoms with Gasteiger partial charge < -0.3 is 9.47 Å². The molecule has 0 spiro atoms. The van der Waals surface area contributed by atoms with Gasteiger partial charge in [-0.05, 0) is 18.4 Å². The van der Waals surface area contributed by atoms with E-state index in [-0.39, 0.29) is 0 Å². The maximum atomic E-state index is 12.0. The lowest BCUT2D eigenvalue weighted by Crippen LogP contribution is -2.41. The van der Waals surface area contributed by atoms with Crippen LogP contribution in [-0.2, 0) is 24.5 Å². The van der Waals surface area contributed by atoms with Crippen molar-refractivity contribution in [1.82, 2.24) is 0 Å². The van der Waals surface area contributed by atoms with Gasteiger partial charge in [-0.1, -0.05) is 30.3 Å². The van der Waals surface area contributed by atoms with Crippen LogP contribution in [0, 0.1) is 5.41 Å². The van der Waals surface area contributed by atoms with Crippen molar-refractivity contribution in [3.8, 4) is 0 Å². The number of rotatable bonds is 2. The molecule has 1 aliphatic heterocycles. The van der Waals surface area contributed by atoms with Crippen LogP contribution in [0.25, 0.3) is 0 Å². The summed E-state index contributed by atoms with van der Waals surface area (Å²) in [6, 6.07) is 9.69. The maximum absolute atomic E-state index is 12.0. The smallest absolute Gasteiger partial charge is 0.324 e. The third-order valence-electron chi connectivity index (χ3n) is 4.23. The Hall–Kier alpha value is -1.84. The number of cyclic esters (lactones) is 1. The number of carbonyl (C=O) groups excluding carboxylic acids is 2. The second kappa shape index (κ2) is 3.57. The average Bonchev–Trinajstić information content (AvgIpc) is 3.12. The molecular formula is C14H14O4. The molecule has 2 aliphatic rings. The van der Waals surface area contributed by atoms with Crippen LogP contribution >= 0.6 is 0 Å². The molecule has 2 fully saturated rings. The Morgan fingerprint density at radius 2 is 2.06 bits per heavy atom. The molecule has 0 N–H and O–H groups in total. The molecule has 3 rings (SSSR count). The quantitative estimate of drug-likeness (QED) is 0.585. The molecule has 2 atom stereocenters. The molecule has 4 heteroatoms. The normalized spacial score (nSPS) is 33.3. The van der Waals surface area contributed by atoms with Crippen LogP contribution in [0.1, 0.15) is 18.4 Å². The van der Waals surface area contributed by atoms with Gasteiger partial charge >= 0.3 is 11.9 Å². The SMILES string of the molecule is COC(=O)[C@@]12C[C@]1(c1ccccc1)CCOC2=O. The van der Waals surface area contributed by atoms with Crippen LogP contribution in [0.4, 0.5) is 0 Å². The summed E-state index contributed by atoms with van der Waals surface area (Å²) in [4.78, 5) is 24.0. The highest BCUT2D eigenvalue weighted by Crippen LogP contribution is 2.69. The van der Waals surface area contributed by atoms with Gasteiger partial charge in [-0.15, -0.1) is 0 Å². The first-order chi connectivity index (χ1) is 8.67. The summed E-state index contributed by atoms with van der Waals surface area (Å²) >= 11 is 0. The Morgan fingerprint density at radius 3 is 2.72 bits per heavy atom. The van der Waals surface area contributed by atoms with E-state index in [0.717, 1.165) is 5.56 Å². The number of fused-ring (bicyclic) bond motifs is 1. The van der Waals surface area contributed by atoms with E-state index in [1.54, 1.807) is 0 Å². The Bertz CT molecular complexity index is 500. The summed E-state index contributed by atoms with van der Waals surface area (Å²) in [6.45, 7) is 0.368. The number of carbonyl (C=O) groups is 2. The highest BCUT2D eigenvalue weighted by Gasteiger charge is 2.80. The molecule has 1 aromatic carbocycles. The molecular weight excluding hydrogens is 232 g/mol. The Kier molecular flexibility index (Phi) is 2.24. The fourth-order valence-electron chi connectivity index (χ4n) is 3.19. The molecule has 1 aromatic rings. The van der Waals surface area contributed by atoms with E-state index in [2.05, 4.69) is 0 Å². The molecule has 0 aromatic heterocycles. The van der Waals surface area contributed by atoms with Crippen LogP contribution in [0.15, 0.2) is 30.3 Å². The Balaban J connectivity index is 2.08. The lowest BCUT2D eigenvalue weighted by Gasteiger charge is -2.27. The van der Waals surface area contributed by atoms with Gasteiger partial charge in [-0.3, -0.25) is 9.59 Å². The van der Waals surface area contributed by atoms with Crippen molar-refractivity contribution < 1.29 is 19.1 Å². The van der Waals surface area contributed by atoms with Gasteiger partial charge in [0.1, 0.15) is 0 Å². The molecule has 18 heavy (non-hydrogen) atoms. The summed E-state index contributed by atoms with van der Waals surface area (Å²) in [5.41, 5.74) is -0.509. The van der Waals surface area contributed by atoms with E-state index in [1.807, 2.05) is 30.3 Å². The third kappa shape index (κ3) is 1.15. The number of hydrogen-bond acceptors (Lipinski definition) is 4. The summed E-state index contributed by atoms with van der Waals surface area (Å²) in [6.07, 6.45) is 1.17. The molecule has 1 saturated carbocycles. The zero-order valence-corrected chi connectivity index (χ0v) is 10.1. The molecule has 0 unspecified atom stereocenters. The summed E-state index contributed by atoms with van der Waals surface area (Å²) < 4.78 is 9.88. The van der Waals surface area contributed by atoms with Crippen molar-refractivity contribution in [2.75, 3.05) is 13.7 Å². The maximum Gasteiger partial charge on any atom is 0.324 e. The van der Waals surface area contributed by atoms with Gasteiger partial charge in [-0.2, -0.15) is 0 Å². The first-order valence-corrected chi connectivity index (χ1v) is 5.98. The second-order valence-electron chi connectivity index (χ2n) is 4.91. The van der Waals surface area contributed by atoms with Crippen LogP contribution in [-0.4, -0.2) is 25.7 Å². The van der Waals surface area contributed by atoms with Crippen molar-refractivity contribution >= 4 is 11.9 Å². The molecule has 1 heterocycles. The lowest BCUT2D eigenvalue weighted by atomic mass is 9.82. The summed E-state index contributed by atoms with van der Waals surface area (Å²) in [7, 11) is 1.31. The van der Waals surface area contributed by atoms with Gasteiger partial charge in [0.25, 0.3) is 0 Å². The molecule has 0 bridgehead atoms. The highest BCUT2D eigenvalue weighted by molar-refractivity contribution is 6.07. The van der Waals surface area contributed by atoms with Crippen LogP contribution in [0.3, 0.4) is 0 Å². The largest absolute Gasteiger partial charge is 0.468 e. The fraction of sp³-hybridized carbons (Fsp3) is 0.429. The minimum absolute atomic E-state index is 0.368. The standard InChI is InChI=1S/C14H14O4/c1-17-11(15)14-9-13(14,7-8-18-12(14)16)10-5-3-2-4-6-10/h2-6H,7-9H2,1H3/t13-,14+/m0/s1. The first kappa shape index (κ1) is 11.3. The lowest BCUT2D eigenvalue weighted by molar-refractivity contribution is -0.168. The van der Waals surface area contributed by atoms with Gasteiger partial charge in [0, 0.05) is 5.41 Å². The summed E-state index contributed by atoms with van der Waals surface area (Å²) in [5, 5.41) is 0. The van der Waals surface area contributed by atoms with Crippen molar-refractivity contribution in [3.05, 3.63) is 35.9 Å². The molecule has 0 radical (unpaired) electrons. The van der Waals surface area contributed by atoms with Crippen molar-refractivity contribution in [2.24, 2.45) is 5.41 Å². The van der Waals surface area contributed by atoms with E-state index in [9.17, 15) is 9.59 Å². The zero-order valence-electron chi connectivity index (χ0n) is 10.1. The third-order valence-corrected chi connectivity index (χ3v) is 4.23. The monoisotopic (exact) mass is 246 g/mol. The van der Waals surface area contributed by atoms with E-state index < -0.39 is 22.8 Å². The van der Waals surface area contributed by atoms with E-state index in [4.69, 9.17) is 9.47 Å². The number of esters is 2. The molecule has 94 valence electrons. The highest BCUT2D eigenvalue weighted by atomic mass is 16.6. The predicted molar refractivity (Wildman–Crippen MR) is 62.8 cm³/mol. The van der Waals surface area contributed by atoms with Crippen LogP contribution in [0.5, 0.6) is 0 Å². The number of hydrogen-bond donors (Lipinski definition) is 0. The Morgan fingerprint density at radius 1 is 1.33 bits per heavy atom. The van der Waals surface area contributed by atoms with Crippen LogP contribution < -0.4 is 0 Å². The van der Waals surface area contributed by atoms with Gasteiger partial charge in [0.15, 0.2) is 5.41 Å².